The number of nitrogens with zero attached hydrogens (tertiary/aromatic N) is 1. The number of amides is 1. The van der Waals surface area contributed by atoms with E-state index < -0.39 is 5.97 Å². The first-order valence-corrected chi connectivity index (χ1v) is 4.15. The van der Waals surface area contributed by atoms with E-state index in [2.05, 4.69) is 6.58 Å². The second-order valence-electron chi connectivity index (χ2n) is 2.90. The first-order valence-electron chi connectivity index (χ1n) is 4.15. The molecule has 0 aromatic heterocycles. The van der Waals surface area contributed by atoms with Crippen molar-refractivity contribution in [3.8, 4) is 0 Å². The number of carbonyl (C=O) groups is 2. The second-order valence-corrected chi connectivity index (χ2v) is 2.90. The highest BCUT2D eigenvalue weighted by atomic mass is 16.4. The zero-order chi connectivity index (χ0) is 10.4. The number of hydrogen-bond donors (Lipinski definition) is 1. The Hall–Kier alpha value is -1.32. The number of rotatable bonds is 5. The van der Waals surface area contributed by atoms with Crippen LogP contribution in [0.15, 0.2) is 12.2 Å². The Labute approximate surface area is 77.8 Å². The summed E-state index contributed by atoms with van der Waals surface area (Å²) in [6, 6.07) is 0. The minimum absolute atomic E-state index is 0.250. The lowest BCUT2D eigenvalue weighted by Crippen LogP contribution is -2.36. The number of carbonyl (C=O) groups excluding carboxylic acids is 1. The molecule has 74 valence electrons. The third-order valence-electron chi connectivity index (χ3n) is 1.47. The van der Waals surface area contributed by atoms with Crippen LogP contribution in [-0.2, 0) is 9.59 Å². The average molecular weight is 185 g/mol. The molecular weight excluding hydrogens is 170 g/mol. The molecule has 0 aromatic rings. The third kappa shape index (κ3) is 4.30. The molecule has 0 aromatic carbocycles. The van der Waals surface area contributed by atoms with Crippen LogP contribution < -0.4 is 0 Å². The molecule has 0 aliphatic rings. The molecule has 0 saturated heterocycles. The van der Waals surface area contributed by atoms with E-state index in [4.69, 9.17) is 5.11 Å². The van der Waals surface area contributed by atoms with Crippen molar-refractivity contribution in [1.82, 2.24) is 4.90 Å². The van der Waals surface area contributed by atoms with E-state index in [1.165, 1.54) is 4.90 Å². The van der Waals surface area contributed by atoms with Crippen LogP contribution in [0.3, 0.4) is 0 Å². The van der Waals surface area contributed by atoms with Gasteiger partial charge in [-0.3, -0.25) is 9.59 Å². The molecule has 0 spiro atoms. The highest BCUT2D eigenvalue weighted by molar-refractivity contribution is 5.93. The molecule has 1 N–H and O–H groups in total. The molecule has 0 radical (unpaired) electrons. The fourth-order valence-corrected chi connectivity index (χ4v) is 0.956. The van der Waals surface area contributed by atoms with Crippen LogP contribution in [0, 0.1) is 0 Å². The van der Waals surface area contributed by atoms with Gasteiger partial charge in [0.15, 0.2) is 0 Å². The van der Waals surface area contributed by atoms with E-state index in [9.17, 15) is 9.59 Å². The number of aliphatic carboxylic acids is 1. The summed E-state index contributed by atoms with van der Waals surface area (Å²) in [5.74, 6) is -1.28. The summed E-state index contributed by atoms with van der Waals surface area (Å²) >= 11 is 0. The van der Waals surface area contributed by atoms with E-state index in [-0.39, 0.29) is 12.5 Å². The lowest BCUT2D eigenvalue weighted by Gasteiger charge is -2.19. The van der Waals surface area contributed by atoms with Crippen molar-refractivity contribution in [3.05, 3.63) is 12.2 Å². The van der Waals surface area contributed by atoms with Crippen molar-refractivity contribution in [1.29, 1.82) is 0 Å². The summed E-state index contributed by atoms with van der Waals surface area (Å²) in [5, 5.41) is 8.52. The minimum atomic E-state index is -0.997. The van der Waals surface area contributed by atoms with Gasteiger partial charge in [-0.15, -0.1) is 0 Å². The standard InChI is InChI=1S/C9H15NO3/c1-4-5-10(6-8(11)12)9(13)7(2)3/h2,4-6H2,1,3H3,(H,11,12). The second kappa shape index (κ2) is 5.35. The van der Waals surface area contributed by atoms with Crippen molar-refractivity contribution in [2.45, 2.75) is 20.3 Å². The average Bonchev–Trinajstić information content (AvgIpc) is 2.01. The van der Waals surface area contributed by atoms with Crippen LogP contribution in [0.25, 0.3) is 0 Å². The zero-order valence-electron chi connectivity index (χ0n) is 8.04. The molecule has 0 aliphatic heterocycles. The summed E-state index contributed by atoms with van der Waals surface area (Å²) in [6.07, 6.45) is 0.742. The molecule has 4 nitrogen and oxygen atoms in total. The molecule has 0 unspecified atom stereocenters. The molecule has 0 heterocycles. The van der Waals surface area contributed by atoms with E-state index in [1.807, 2.05) is 6.92 Å². The maximum absolute atomic E-state index is 11.3. The van der Waals surface area contributed by atoms with E-state index in [1.54, 1.807) is 6.92 Å². The lowest BCUT2D eigenvalue weighted by atomic mass is 10.3. The summed E-state index contributed by atoms with van der Waals surface area (Å²) in [7, 11) is 0. The largest absolute Gasteiger partial charge is 0.480 e. The van der Waals surface area contributed by atoms with Crippen LogP contribution >= 0.6 is 0 Å². The fourth-order valence-electron chi connectivity index (χ4n) is 0.956. The van der Waals surface area contributed by atoms with Gasteiger partial charge in [0.25, 0.3) is 0 Å². The minimum Gasteiger partial charge on any atom is -0.480 e. The molecule has 0 atom stereocenters. The van der Waals surface area contributed by atoms with Gasteiger partial charge in [0.2, 0.25) is 5.91 Å². The number of hydrogen-bond acceptors (Lipinski definition) is 2. The first kappa shape index (κ1) is 11.7. The fraction of sp³-hybridized carbons (Fsp3) is 0.556. The maximum atomic E-state index is 11.3. The van der Waals surface area contributed by atoms with Gasteiger partial charge in [-0.2, -0.15) is 0 Å². The van der Waals surface area contributed by atoms with E-state index in [0.29, 0.717) is 12.1 Å². The van der Waals surface area contributed by atoms with Crippen molar-refractivity contribution >= 4 is 11.9 Å². The van der Waals surface area contributed by atoms with Gasteiger partial charge in [0.05, 0.1) is 0 Å². The normalized spacial score (nSPS) is 9.38. The van der Waals surface area contributed by atoms with Gasteiger partial charge in [0.1, 0.15) is 6.54 Å². The quantitative estimate of drug-likeness (QED) is 0.647. The maximum Gasteiger partial charge on any atom is 0.323 e. The van der Waals surface area contributed by atoms with Crippen LogP contribution in [0.5, 0.6) is 0 Å². The number of carboxylic acid groups (broad SMARTS) is 1. The topological polar surface area (TPSA) is 57.6 Å². The molecule has 13 heavy (non-hydrogen) atoms. The van der Waals surface area contributed by atoms with Crippen molar-refractivity contribution in [2.24, 2.45) is 0 Å². The van der Waals surface area contributed by atoms with Gasteiger partial charge in [-0.1, -0.05) is 13.5 Å². The van der Waals surface area contributed by atoms with Crippen LogP contribution in [0.1, 0.15) is 20.3 Å². The predicted octanol–water partition coefficient (Wildman–Crippen LogP) is 0.886. The Morgan fingerprint density at radius 2 is 2.00 bits per heavy atom. The van der Waals surface area contributed by atoms with Crippen molar-refractivity contribution < 1.29 is 14.7 Å². The van der Waals surface area contributed by atoms with E-state index in [0.717, 1.165) is 6.42 Å². The number of carboxylic acids is 1. The Kier molecular flexibility index (Phi) is 4.80. The molecule has 0 saturated carbocycles. The predicted molar refractivity (Wildman–Crippen MR) is 49.3 cm³/mol. The monoisotopic (exact) mass is 185 g/mol. The van der Waals surface area contributed by atoms with Crippen LogP contribution in [0.2, 0.25) is 0 Å². The summed E-state index contributed by atoms with van der Waals surface area (Å²) in [6.45, 7) is 7.15. The highest BCUT2D eigenvalue weighted by Crippen LogP contribution is 1.99. The van der Waals surface area contributed by atoms with Gasteiger partial charge in [-0.25, -0.2) is 0 Å². The summed E-state index contributed by atoms with van der Waals surface area (Å²) < 4.78 is 0. The van der Waals surface area contributed by atoms with Gasteiger partial charge >= 0.3 is 5.97 Å². The molecule has 0 bridgehead atoms. The molecule has 1 amide bonds. The Morgan fingerprint density at radius 3 is 2.31 bits per heavy atom. The van der Waals surface area contributed by atoms with E-state index >= 15 is 0 Å². The molecule has 0 rings (SSSR count). The van der Waals surface area contributed by atoms with Crippen molar-refractivity contribution in [2.75, 3.05) is 13.1 Å². The van der Waals surface area contributed by atoms with Gasteiger partial charge < -0.3 is 10.0 Å². The third-order valence-corrected chi connectivity index (χ3v) is 1.47. The van der Waals surface area contributed by atoms with Gasteiger partial charge in [0, 0.05) is 12.1 Å². The molecule has 0 aliphatic carbocycles. The zero-order valence-corrected chi connectivity index (χ0v) is 8.04. The Balaban J connectivity index is 4.31. The highest BCUT2D eigenvalue weighted by Gasteiger charge is 2.15. The molecule has 4 heteroatoms. The smallest absolute Gasteiger partial charge is 0.323 e. The lowest BCUT2D eigenvalue weighted by molar-refractivity contribution is -0.143. The first-order chi connectivity index (χ1) is 5.99. The molecule has 0 fully saturated rings. The van der Waals surface area contributed by atoms with Gasteiger partial charge in [-0.05, 0) is 13.3 Å². The summed E-state index contributed by atoms with van der Waals surface area (Å²) in [5.41, 5.74) is 0.370. The Morgan fingerprint density at radius 1 is 1.46 bits per heavy atom. The summed E-state index contributed by atoms with van der Waals surface area (Å²) in [4.78, 5) is 23.0. The SMILES string of the molecule is C=C(C)C(=O)N(CCC)CC(=O)O. The molecular formula is C9H15NO3. The Bertz CT molecular complexity index is 223. The van der Waals surface area contributed by atoms with Crippen molar-refractivity contribution in [3.63, 3.8) is 0 Å². The van der Waals surface area contributed by atoms with Crippen LogP contribution in [0.4, 0.5) is 0 Å². The van der Waals surface area contributed by atoms with Crippen LogP contribution in [-0.4, -0.2) is 35.0 Å².